The highest BCUT2D eigenvalue weighted by Crippen LogP contribution is 2.18. The third-order valence-electron chi connectivity index (χ3n) is 1.90. The number of hydrogen-bond acceptors (Lipinski definition) is 3. The number of rotatable bonds is 4. The van der Waals surface area contributed by atoms with Crippen LogP contribution in [0.5, 0.6) is 0 Å². The van der Waals surface area contributed by atoms with Gasteiger partial charge >= 0.3 is 6.18 Å². The lowest BCUT2D eigenvalue weighted by molar-refractivity contribution is -0.133. The number of hydrogen-bond donors (Lipinski definition) is 1. The van der Waals surface area contributed by atoms with Gasteiger partial charge in [-0.05, 0) is 6.07 Å². The molecule has 86 valence electrons. The summed E-state index contributed by atoms with van der Waals surface area (Å²) in [7, 11) is 0. The topological polar surface area (TPSA) is 48.7 Å². The van der Waals surface area contributed by atoms with Crippen LogP contribution in [0, 0.1) is 11.3 Å². The Morgan fingerprint density at radius 1 is 1.44 bits per heavy atom. The van der Waals surface area contributed by atoms with Gasteiger partial charge < -0.3 is 5.32 Å². The summed E-state index contributed by atoms with van der Waals surface area (Å²) in [5, 5.41) is 11.3. The third kappa shape index (κ3) is 4.28. The predicted octanol–water partition coefficient (Wildman–Crippen LogP) is 2.00. The van der Waals surface area contributed by atoms with Crippen LogP contribution in [0.2, 0.25) is 0 Å². The van der Waals surface area contributed by atoms with E-state index in [9.17, 15) is 13.2 Å². The molecule has 0 aliphatic rings. The predicted molar refractivity (Wildman–Crippen MR) is 51.3 cm³/mol. The van der Waals surface area contributed by atoms with Gasteiger partial charge in [0, 0.05) is 24.8 Å². The normalized spacial score (nSPS) is 11.1. The second-order valence-electron chi connectivity index (χ2n) is 3.16. The minimum atomic E-state index is -4.15. The van der Waals surface area contributed by atoms with Crippen molar-refractivity contribution in [2.24, 2.45) is 0 Å². The van der Waals surface area contributed by atoms with Crippen LogP contribution in [0.3, 0.4) is 0 Å². The minimum Gasteiger partial charge on any atom is -0.312 e. The number of nitrogens with one attached hydrogen (secondary N) is 1. The molecule has 1 aromatic rings. The van der Waals surface area contributed by atoms with Crippen molar-refractivity contribution in [1.82, 2.24) is 10.3 Å². The van der Waals surface area contributed by atoms with Crippen LogP contribution in [-0.2, 0) is 6.54 Å². The monoisotopic (exact) mass is 229 g/mol. The molecule has 0 aliphatic heterocycles. The van der Waals surface area contributed by atoms with Crippen LogP contribution in [-0.4, -0.2) is 17.7 Å². The van der Waals surface area contributed by atoms with E-state index in [2.05, 4.69) is 10.3 Å². The first kappa shape index (κ1) is 12.5. The number of nitrogens with zero attached hydrogens (tertiary/aromatic N) is 2. The SMILES string of the molecule is N#Cc1ncccc1CNCCC(F)(F)F. The average Bonchev–Trinajstić information content (AvgIpc) is 2.23. The van der Waals surface area contributed by atoms with Crippen molar-refractivity contribution in [3.63, 3.8) is 0 Å². The molecule has 0 amide bonds. The van der Waals surface area contributed by atoms with Crippen molar-refractivity contribution in [3.8, 4) is 6.07 Å². The van der Waals surface area contributed by atoms with Crippen molar-refractivity contribution in [2.45, 2.75) is 19.1 Å². The quantitative estimate of drug-likeness (QED) is 0.803. The maximum Gasteiger partial charge on any atom is 0.390 e. The van der Waals surface area contributed by atoms with Crippen molar-refractivity contribution in [3.05, 3.63) is 29.6 Å². The van der Waals surface area contributed by atoms with Gasteiger partial charge in [-0.25, -0.2) is 4.98 Å². The molecular formula is C10H10F3N3. The average molecular weight is 229 g/mol. The number of aromatic nitrogens is 1. The number of halogens is 3. The van der Waals surface area contributed by atoms with Crippen LogP contribution in [0.15, 0.2) is 18.3 Å². The molecule has 0 atom stereocenters. The van der Waals surface area contributed by atoms with Crippen LogP contribution in [0.25, 0.3) is 0 Å². The molecule has 16 heavy (non-hydrogen) atoms. The van der Waals surface area contributed by atoms with E-state index >= 15 is 0 Å². The van der Waals surface area contributed by atoms with Crippen molar-refractivity contribution in [2.75, 3.05) is 6.54 Å². The van der Waals surface area contributed by atoms with Crippen molar-refractivity contribution < 1.29 is 13.2 Å². The van der Waals surface area contributed by atoms with Gasteiger partial charge in [-0.1, -0.05) is 6.07 Å². The lowest BCUT2D eigenvalue weighted by Gasteiger charge is -2.08. The van der Waals surface area contributed by atoms with Gasteiger partial charge in [-0.2, -0.15) is 18.4 Å². The second kappa shape index (κ2) is 5.47. The molecular weight excluding hydrogens is 219 g/mol. The van der Waals surface area contributed by atoms with Crippen molar-refractivity contribution in [1.29, 1.82) is 5.26 Å². The van der Waals surface area contributed by atoms with E-state index in [0.29, 0.717) is 5.56 Å². The minimum absolute atomic E-state index is 0.163. The summed E-state index contributed by atoms with van der Waals surface area (Å²) >= 11 is 0. The Kier molecular flexibility index (Phi) is 4.26. The van der Waals surface area contributed by atoms with Crippen LogP contribution >= 0.6 is 0 Å². The van der Waals surface area contributed by atoms with Gasteiger partial charge in [0.2, 0.25) is 0 Å². The summed E-state index contributed by atoms with van der Waals surface area (Å²) in [6, 6.07) is 5.18. The van der Waals surface area contributed by atoms with Gasteiger partial charge in [-0.15, -0.1) is 0 Å². The standard InChI is InChI=1S/C10H10F3N3/c11-10(12,13)3-5-15-7-8-2-1-4-16-9(8)6-14/h1-2,4,15H,3,5,7H2. The Labute approximate surface area is 90.9 Å². The first-order chi connectivity index (χ1) is 7.53. The summed E-state index contributed by atoms with van der Waals surface area (Å²) in [6.45, 7) is 0.0517. The number of alkyl halides is 3. The fraction of sp³-hybridized carbons (Fsp3) is 0.400. The first-order valence-electron chi connectivity index (χ1n) is 4.64. The smallest absolute Gasteiger partial charge is 0.312 e. The molecule has 0 aromatic carbocycles. The lowest BCUT2D eigenvalue weighted by Crippen LogP contribution is -2.21. The van der Waals surface area contributed by atoms with E-state index in [1.807, 2.05) is 6.07 Å². The molecule has 0 aliphatic carbocycles. The van der Waals surface area contributed by atoms with E-state index in [1.54, 1.807) is 12.1 Å². The van der Waals surface area contributed by atoms with E-state index < -0.39 is 12.6 Å². The van der Waals surface area contributed by atoms with Crippen LogP contribution in [0.4, 0.5) is 13.2 Å². The molecule has 3 nitrogen and oxygen atoms in total. The lowest BCUT2D eigenvalue weighted by atomic mass is 10.2. The summed E-state index contributed by atoms with van der Waals surface area (Å²) in [5.41, 5.74) is 0.842. The number of nitriles is 1. The number of pyridine rings is 1. The molecule has 0 spiro atoms. The molecule has 0 saturated carbocycles. The van der Waals surface area contributed by atoms with E-state index in [-0.39, 0.29) is 18.8 Å². The fourth-order valence-electron chi connectivity index (χ4n) is 1.14. The highest BCUT2D eigenvalue weighted by molar-refractivity contribution is 5.30. The molecule has 6 heteroatoms. The van der Waals surface area contributed by atoms with Crippen molar-refractivity contribution >= 4 is 0 Å². The van der Waals surface area contributed by atoms with E-state index in [1.165, 1.54) is 6.20 Å². The second-order valence-corrected chi connectivity index (χ2v) is 3.16. The fourth-order valence-corrected chi connectivity index (χ4v) is 1.14. The zero-order chi connectivity index (χ0) is 12.0. The zero-order valence-electron chi connectivity index (χ0n) is 8.38. The van der Waals surface area contributed by atoms with Crippen LogP contribution in [0.1, 0.15) is 17.7 Å². The van der Waals surface area contributed by atoms with Crippen LogP contribution < -0.4 is 5.32 Å². The first-order valence-corrected chi connectivity index (χ1v) is 4.64. The highest BCUT2D eigenvalue weighted by atomic mass is 19.4. The molecule has 0 fully saturated rings. The third-order valence-corrected chi connectivity index (χ3v) is 1.90. The molecule has 0 saturated heterocycles. The van der Waals surface area contributed by atoms with Gasteiger partial charge in [-0.3, -0.25) is 0 Å². The Hall–Kier alpha value is -1.61. The molecule has 1 heterocycles. The van der Waals surface area contributed by atoms with E-state index in [4.69, 9.17) is 5.26 Å². The Morgan fingerprint density at radius 2 is 2.19 bits per heavy atom. The maximum absolute atomic E-state index is 11.8. The molecule has 1 aromatic heterocycles. The largest absolute Gasteiger partial charge is 0.390 e. The zero-order valence-corrected chi connectivity index (χ0v) is 8.38. The summed E-state index contributed by atoms with van der Waals surface area (Å²) in [4.78, 5) is 3.80. The molecule has 0 bridgehead atoms. The summed E-state index contributed by atoms with van der Waals surface area (Å²) < 4.78 is 35.5. The Bertz CT molecular complexity index is 382. The Morgan fingerprint density at radius 3 is 2.81 bits per heavy atom. The molecule has 1 N–H and O–H groups in total. The molecule has 0 radical (unpaired) electrons. The van der Waals surface area contributed by atoms with Gasteiger partial charge in [0.25, 0.3) is 0 Å². The summed E-state index contributed by atoms with van der Waals surface area (Å²) in [6.07, 6.45) is -3.56. The van der Waals surface area contributed by atoms with Gasteiger partial charge in [0.15, 0.2) is 0 Å². The molecule has 1 rings (SSSR count). The van der Waals surface area contributed by atoms with Gasteiger partial charge in [0.1, 0.15) is 11.8 Å². The summed E-state index contributed by atoms with van der Waals surface area (Å²) in [5.74, 6) is 0. The Balaban J connectivity index is 2.41. The molecule has 0 unspecified atom stereocenters. The highest BCUT2D eigenvalue weighted by Gasteiger charge is 2.25. The van der Waals surface area contributed by atoms with Gasteiger partial charge in [0.05, 0.1) is 6.42 Å². The maximum atomic E-state index is 11.8. The van der Waals surface area contributed by atoms with E-state index in [0.717, 1.165) is 0 Å².